The predicted molar refractivity (Wildman–Crippen MR) is 83.0 cm³/mol. The van der Waals surface area contributed by atoms with Crippen LogP contribution in [0.2, 0.25) is 0 Å². The minimum absolute atomic E-state index is 0.163. The number of hydrogen-bond donors (Lipinski definition) is 0. The zero-order valence-corrected chi connectivity index (χ0v) is 13.5. The van der Waals surface area contributed by atoms with Gasteiger partial charge in [0, 0.05) is 5.56 Å². The molecule has 0 aliphatic rings. The molecule has 0 unspecified atom stereocenters. The number of carbonyl (C=O) groups excluding carboxylic acids is 1. The number of hydrogen-bond acceptors (Lipinski definition) is 3. The summed E-state index contributed by atoms with van der Waals surface area (Å²) >= 11 is 0. The van der Waals surface area contributed by atoms with Gasteiger partial charge in [0.25, 0.3) is 0 Å². The summed E-state index contributed by atoms with van der Waals surface area (Å²) in [5.41, 5.74) is 1.16. The highest BCUT2D eigenvalue weighted by atomic mass is 19.4. The lowest BCUT2D eigenvalue weighted by molar-refractivity contribution is -0.139. The van der Waals surface area contributed by atoms with Gasteiger partial charge in [0.2, 0.25) is 0 Å². The van der Waals surface area contributed by atoms with Gasteiger partial charge < -0.3 is 9.47 Å². The lowest BCUT2D eigenvalue weighted by Gasteiger charge is -2.16. The average Bonchev–Trinajstić information content (AvgIpc) is 2.52. The zero-order chi connectivity index (χ0) is 17.9. The molecule has 0 atom stereocenters. The van der Waals surface area contributed by atoms with E-state index >= 15 is 0 Å². The van der Waals surface area contributed by atoms with Gasteiger partial charge in [-0.15, -0.1) is 0 Å². The van der Waals surface area contributed by atoms with Gasteiger partial charge in [-0.3, -0.25) is 0 Å². The summed E-state index contributed by atoms with van der Waals surface area (Å²) in [5.74, 6) is -0.829. The predicted octanol–water partition coefficient (Wildman–Crippen LogP) is 4.69. The standard InChI is InChI=1S/C18H17F3O3/c1-11-7-8-16(15(9-11)18(19,20)21)24-10-14-12(2)5-4-6-13(14)17(22)23-3/h4-9H,10H2,1-3H3. The fourth-order valence-corrected chi connectivity index (χ4v) is 2.34. The smallest absolute Gasteiger partial charge is 0.419 e. The summed E-state index contributed by atoms with van der Waals surface area (Å²) in [6.45, 7) is 3.17. The highest BCUT2D eigenvalue weighted by Gasteiger charge is 2.34. The number of benzene rings is 2. The Morgan fingerprint density at radius 2 is 1.83 bits per heavy atom. The van der Waals surface area contributed by atoms with Gasteiger partial charge in [0.15, 0.2) is 0 Å². The van der Waals surface area contributed by atoms with E-state index in [1.807, 2.05) is 0 Å². The molecule has 0 saturated carbocycles. The molecule has 0 N–H and O–H groups in total. The molecule has 0 fully saturated rings. The third-order valence-electron chi connectivity index (χ3n) is 3.63. The van der Waals surface area contributed by atoms with Crippen molar-refractivity contribution in [3.8, 4) is 5.75 Å². The van der Waals surface area contributed by atoms with Crippen LogP contribution in [0.4, 0.5) is 13.2 Å². The van der Waals surface area contributed by atoms with Gasteiger partial charge in [-0.05, 0) is 37.6 Å². The minimum Gasteiger partial charge on any atom is -0.488 e. The highest BCUT2D eigenvalue weighted by Crippen LogP contribution is 2.37. The third kappa shape index (κ3) is 3.88. The molecule has 0 aliphatic heterocycles. The van der Waals surface area contributed by atoms with Crippen LogP contribution in [-0.2, 0) is 17.5 Å². The Labute approximate surface area is 138 Å². The van der Waals surface area contributed by atoms with Crippen molar-refractivity contribution in [2.24, 2.45) is 0 Å². The van der Waals surface area contributed by atoms with Crippen LogP contribution in [0.25, 0.3) is 0 Å². The fraction of sp³-hybridized carbons (Fsp3) is 0.278. The number of alkyl halides is 3. The van der Waals surface area contributed by atoms with E-state index in [-0.39, 0.29) is 17.9 Å². The summed E-state index contributed by atoms with van der Waals surface area (Å²) in [6, 6.07) is 8.85. The Morgan fingerprint density at radius 3 is 2.46 bits per heavy atom. The minimum atomic E-state index is -4.52. The second-order valence-electron chi connectivity index (χ2n) is 5.38. The molecule has 6 heteroatoms. The molecule has 0 spiro atoms. The van der Waals surface area contributed by atoms with Gasteiger partial charge in [0.05, 0.1) is 18.2 Å². The van der Waals surface area contributed by atoms with Crippen LogP contribution in [-0.4, -0.2) is 13.1 Å². The van der Waals surface area contributed by atoms with Crippen LogP contribution < -0.4 is 4.74 Å². The quantitative estimate of drug-likeness (QED) is 0.759. The first-order valence-electron chi connectivity index (χ1n) is 7.21. The molecule has 0 amide bonds. The maximum atomic E-state index is 13.1. The van der Waals surface area contributed by atoms with E-state index in [1.165, 1.54) is 13.2 Å². The number of aryl methyl sites for hydroxylation is 2. The molecule has 128 valence electrons. The molecular weight excluding hydrogens is 321 g/mol. The van der Waals surface area contributed by atoms with Gasteiger partial charge in [-0.1, -0.05) is 23.8 Å². The Morgan fingerprint density at radius 1 is 1.12 bits per heavy atom. The third-order valence-corrected chi connectivity index (χ3v) is 3.63. The Bertz CT molecular complexity index is 752. The zero-order valence-electron chi connectivity index (χ0n) is 13.5. The second kappa shape index (κ2) is 6.95. The molecule has 3 nitrogen and oxygen atoms in total. The normalized spacial score (nSPS) is 11.2. The topological polar surface area (TPSA) is 35.5 Å². The van der Waals surface area contributed by atoms with Gasteiger partial charge >= 0.3 is 12.1 Å². The molecule has 2 rings (SSSR count). The molecular formula is C18H17F3O3. The molecule has 0 heterocycles. The molecule has 0 bridgehead atoms. The number of esters is 1. The largest absolute Gasteiger partial charge is 0.488 e. The molecule has 0 aromatic heterocycles. The van der Waals surface area contributed by atoms with Crippen molar-refractivity contribution in [1.82, 2.24) is 0 Å². The first-order valence-corrected chi connectivity index (χ1v) is 7.21. The number of carbonyl (C=O) groups is 1. The Balaban J connectivity index is 2.35. The Kier molecular flexibility index (Phi) is 5.17. The van der Waals surface area contributed by atoms with Crippen molar-refractivity contribution in [2.45, 2.75) is 26.6 Å². The maximum absolute atomic E-state index is 13.1. The van der Waals surface area contributed by atoms with Gasteiger partial charge in [-0.2, -0.15) is 13.2 Å². The van der Waals surface area contributed by atoms with Crippen molar-refractivity contribution < 1.29 is 27.4 Å². The molecule has 2 aromatic carbocycles. The van der Waals surface area contributed by atoms with Gasteiger partial charge in [0.1, 0.15) is 12.4 Å². The lowest BCUT2D eigenvalue weighted by Crippen LogP contribution is -2.12. The Hall–Kier alpha value is -2.50. The monoisotopic (exact) mass is 338 g/mol. The summed E-state index contributed by atoms with van der Waals surface area (Å²) in [4.78, 5) is 11.8. The molecule has 0 saturated heterocycles. The van der Waals surface area contributed by atoms with E-state index in [9.17, 15) is 18.0 Å². The lowest BCUT2D eigenvalue weighted by atomic mass is 10.0. The number of rotatable bonds is 4. The van der Waals surface area contributed by atoms with Crippen molar-refractivity contribution in [1.29, 1.82) is 0 Å². The van der Waals surface area contributed by atoms with Crippen molar-refractivity contribution in [2.75, 3.05) is 7.11 Å². The summed E-state index contributed by atoms with van der Waals surface area (Å²) in [5, 5.41) is 0. The van der Waals surface area contributed by atoms with E-state index in [4.69, 9.17) is 9.47 Å². The van der Waals surface area contributed by atoms with Crippen LogP contribution in [0.15, 0.2) is 36.4 Å². The van der Waals surface area contributed by atoms with E-state index in [2.05, 4.69) is 0 Å². The molecule has 2 aromatic rings. The SMILES string of the molecule is COC(=O)c1cccc(C)c1COc1ccc(C)cc1C(F)(F)F. The van der Waals surface area contributed by atoms with Crippen molar-refractivity contribution >= 4 is 5.97 Å². The number of methoxy groups -OCH3 is 1. The van der Waals surface area contributed by atoms with Crippen LogP contribution >= 0.6 is 0 Å². The first-order chi connectivity index (χ1) is 11.2. The second-order valence-corrected chi connectivity index (χ2v) is 5.38. The summed E-state index contributed by atoms with van der Waals surface area (Å²) < 4.78 is 49.5. The average molecular weight is 338 g/mol. The summed E-state index contributed by atoms with van der Waals surface area (Å²) in [7, 11) is 1.25. The number of halogens is 3. The van der Waals surface area contributed by atoms with Crippen LogP contribution in [0.5, 0.6) is 5.75 Å². The van der Waals surface area contributed by atoms with Crippen LogP contribution in [0, 0.1) is 13.8 Å². The van der Waals surface area contributed by atoms with Crippen molar-refractivity contribution in [3.05, 3.63) is 64.2 Å². The molecule has 0 aliphatic carbocycles. The number of ether oxygens (including phenoxy) is 2. The highest BCUT2D eigenvalue weighted by molar-refractivity contribution is 5.91. The fourth-order valence-electron chi connectivity index (χ4n) is 2.34. The van der Waals surface area contributed by atoms with E-state index in [0.717, 1.165) is 11.6 Å². The molecule has 0 radical (unpaired) electrons. The van der Waals surface area contributed by atoms with E-state index in [1.54, 1.807) is 38.1 Å². The summed E-state index contributed by atoms with van der Waals surface area (Å²) in [6.07, 6.45) is -4.52. The first kappa shape index (κ1) is 17.8. The van der Waals surface area contributed by atoms with E-state index < -0.39 is 17.7 Å². The van der Waals surface area contributed by atoms with E-state index in [0.29, 0.717) is 11.1 Å². The molecule has 24 heavy (non-hydrogen) atoms. The van der Waals surface area contributed by atoms with Crippen LogP contribution in [0.3, 0.4) is 0 Å². The van der Waals surface area contributed by atoms with Crippen molar-refractivity contribution in [3.63, 3.8) is 0 Å². The van der Waals surface area contributed by atoms with Gasteiger partial charge in [-0.25, -0.2) is 4.79 Å². The van der Waals surface area contributed by atoms with Crippen LogP contribution in [0.1, 0.15) is 32.6 Å². The maximum Gasteiger partial charge on any atom is 0.419 e.